The second-order valence-electron chi connectivity index (χ2n) is 5.01. The van der Waals surface area contributed by atoms with Crippen molar-refractivity contribution in [2.24, 2.45) is 0 Å². The van der Waals surface area contributed by atoms with Gasteiger partial charge in [-0.2, -0.15) is 0 Å². The molecule has 0 amide bonds. The lowest BCUT2D eigenvalue weighted by Crippen LogP contribution is -2.11. The van der Waals surface area contributed by atoms with Gasteiger partial charge in [0, 0.05) is 16.5 Å². The smallest absolute Gasteiger partial charge is 0.124 e. The molecule has 0 spiro atoms. The molecule has 0 saturated carbocycles. The van der Waals surface area contributed by atoms with Crippen molar-refractivity contribution >= 4 is 22.1 Å². The van der Waals surface area contributed by atoms with Gasteiger partial charge in [-0.25, -0.2) is 4.98 Å². The Labute approximate surface area is 123 Å². The molecule has 1 aromatic heterocycles. The number of thiazole rings is 1. The summed E-state index contributed by atoms with van der Waals surface area (Å²) in [7, 11) is 1.99. The first kappa shape index (κ1) is 13.3. The van der Waals surface area contributed by atoms with Gasteiger partial charge in [0.05, 0.1) is 5.69 Å². The Hall–Kier alpha value is -1.71. The molecule has 1 heterocycles. The first-order chi connectivity index (χ1) is 9.70. The number of hydrogen-bond donors (Lipinski definition) is 1. The van der Waals surface area contributed by atoms with E-state index in [9.17, 15) is 0 Å². The highest BCUT2D eigenvalue weighted by Crippen LogP contribution is 2.35. The number of aryl methyl sites for hydroxylation is 1. The van der Waals surface area contributed by atoms with Crippen LogP contribution >= 0.6 is 11.3 Å². The fourth-order valence-corrected chi connectivity index (χ4v) is 3.63. The van der Waals surface area contributed by atoms with Gasteiger partial charge in [0.1, 0.15) is 5.01 Å². The summed E-state index contributed by atoms with van der Waals surface area (Å²) in [4.78, 5) is 6.09. The van der Waals surface area contributed by atoms with E-state index in [1.807, 2.05) is 7.05 Å². The van der Waals surface area contributed by atoms with E-state index in [-0.39, 0.29) is 0 Å². The first-order valence-corrected chi connectivity index (χ1v) is 7.65. The van der Waals surface area contributed by atoms with Crippen LogP contribution in [-0.4, -0.2) is 12.0 Å². The van der Waals surface area contributed by atoms with Gasteiger partial charge >= 0.3 is 0 Å². The topological polar surface area (TPSA) is 24.9 Å². The number of fused-ring (bicyclic) bond motifs is 1. The fraction of sp³-hybridized carbons (Fsp3) is 0.235. The summed E-state index contributed by atoms with van der Waals surface area (Å²) in [6.45, 7) is 4.27. The van der Waals surface area contributed by atoms with Crippen LogP contribution in [0, 0.1) is 6.92 Å². The van der Waals surface area contributed by atoms with Gasteiger partial charge in [-0.05, 0) is 31.7 Å². The molecule has 3 rings (SSSR count). The zero-order chi connectivity index (χ0) is 14.1. The monoisotopic (exact) mass is 282 g/mol. The molecule has 3 aromatic rings. The second-order valence-corrected chi connectivity index (χ2v) is 6.04. The average Bonchev–Trinajstić information content (AvgIpc) is 2.87. The van der Waals surface area contributed by atoms with E-state index < -0.39 is 0 Å². The van der Waals surface area contributed by atoms with Crippen molar-refractivity contribution in [1.29, 1.82) is 0 Å². The Bertz CT molecular complexity index is 740. The second kappa shape index (κ2) is 5.35. The quantitative estimate of drug-likeness (QED) is 0.762. The molecule has 0 saturated heterocycles. The van der Waals surface area contributed by atoms with Crippen molar-refractivity contribution in [1.82, 2.24) is 10.3 Å². The molecule has 0 aliphatic carbocycles. The molecule has 20 heavy (non-hydrogen) atoms. The lowest BCUT2D eigenvalue weighted by molar-refractivity contribution is 0.658. The third-order valence-electron chi connectivity index (χ3n) is 3.68. The van der Waals surface area contributed by atoms with E-state index in [1.165, 1.54) is 21.2 Å². The molecular formula is C17H18N2S. The van der Waals surface area contributed by atoms with Crippen molar-refractivity contribution in [2.75, 3.05) is 7.05 Å². The van der Waals surface area contributed by atoms with Crippen LogP contribution in [0.2, 0.25) is 0 Å². The summed E-state index contributed by atoms with van der Waals surface area (Å²) < 4.78 is 0. The maximum Gasteiger partial charge on any atom is 0.124 e. The van der Waals surface area contributed by atoms with Gasteiger partial charge in [-0.1, -0.05) is 42.5 Å². The Morgan fingerprint density at radius 1 is 1.10 bits per heavy atom. The molecule has 2 nitrogen and oxygen atoms in total. The summed E-state index contributed by atoms with van der Waals surface area (Å²) in [5.41, 5.74) is 2.35. The molecule has 1 N–H and O–H groups in total. The zero-order valence-corrected chi connectivity index (χ0v) is 12.8. The fourth-order valence-electron chi connectivity index (χ4n) is 2.47. The number of rotatable bonds is 3. The Morgan fingerprint density at radius 3 is 2.65 bits per heavy atom. The van der Waals surface area contributed by atoms with Gasteiger partial charge in [-0.15, -0.1) is 11.3 Å². The van der Waals surface area contributed by atoms with Crippen molar-refractivity contribution in [3.05, 3.63) is 53.0 Å². The number of nitrogens with one attached hydrogen (secondary N) is 1. The predicted octanol–water partition coefficient (Wildman–Crippen LogP) is 4.55. The largest absolute Gasteiger partial charge is 0.312 e. The predicted molar refractivity (Wildman–Crippen MR) is 87.3 cm³/mol. The molecular weight excluding hydrogens is 264 g/mol. The molecule has 0 aliphatic heterocycles. The molecule has 0 bridgehead atoms. The highest BCUT2D eigenvalue weighted by atomic mass is 32.1. The van der Waals surface area contributed by atoms with Gasteiger partial charge in [0.2, 0.25) is 0 Å². The van der Waals surface area contributed by atoms with Crippen molar-refractivity contribution < 1.29 is 0 Å². The molecule has 0 radical (unpaired) electrons. The molecule has 102 valence electrons. The minimum atomic E-state index is 0.344. The number of hydrogen-bond acceptors (Lipinski definition) is 3. The van der Waals surface area contributed by atoms with E-state index in [4.69, 9.17) is 4.98 Å². The first-order valence-electron chi connectivity index (χ1n) is 6.83. The van der Waals surface area contributed by atoms with Crippen LogP contribution in [0.25, 0.3) is 21.3 Å². The summed E-state index contributed by atoms with van der Waals surface area (Å²) in [5.74, 6) is 0. The lowest BCUT2D eigenvalue weighted by atomic mass is 10.1. The Balaban J connectivity index is 2.17. The van der Waals surface area contributed by atoms with Crippen molar-refractivity contribution in [3.8, 4) is 10.6 Å². The standard InChI is InChI=1S/C17H18N2S/c1-11(18-3)16-12(2)19-17(20-16)15-10-6-8-13-7-4-5-9-14(13)15/h4-11,18H,1-3H3. The molecule has 3 heteroatoms. The van der Waals surface area contributed by atoms with Crippen molar-refractivity contribution in [3.63, 3.8) is 0 Å². The summed E-state index contributed by atoms with van der Waals surface area (Å²) in [5, 5.41) is 6.94. The third kappa shape index (κ3) is 2.23. The van der Waals surface area contributed by atoms with E-state index in [1.54, 1.807) is 11.3 Å². The van der Waals surface area contributed by atoms with Gasteiger partial charge in [0.15, 0.2) is 0 Å². The molecule has 0 aliphatic rings. The van der Waals surface area contributed by atoms with Gasteiger partial charge < -0.3 is 5.32 Å². The SMILES string of the molecule is CNC(C)c1sc(-c2cccc3ccccc23)nc1C. The van der Waals surface area contributed by atoms with Crippen LogP contribution in [0.4, 0.5) is 0 Å². The van der Waals surface area contributed by atoms with E-state index >= 15 is 0 Å². The lowest BCUT2D eigenvalue weighted by Gasteiger charge is -2.07. The maximum atomic E-state index is 4.78. The molecule has 1 atom stereocenters. The van der Waals surface area contributed by atoms with Crippen LogP contribution in [0.3, 0.4) is 0 Å². The number of aromatic nitrogens is 1. The minimum Gasteiger partial charge on any atom is -0.312 e. The highest BCUT2D eigenvalue weighted by molar-refractivity contribution is 7.15. The van der Waals surface area contributed by atoms with Crippen LogP contribution < -0.4 is 5.32 Å². The van der Waals surface area contributed by atoms with Crippen LogP contribution in [-0.2, 0) is 0 Å². The molecule has 0 fully saturated rings. The Kier molecular flexibility index (Phi) is 3.55. The Morgan fingerprint density at radius 2 is 1.85 bits per heavy atom. The molecule has 2 aromatic carbocycles. The van der Waals surface area contributed by atoms with Crippen LogP contribution in [0.1, 0.15) is 23.5 Å². The van der Waals surface area contributed by atoms with Crippen molar-refractivity contribution in [2.45, 2.75) is 19.9 Å². The normalized spacial score (nSPS) is 12.8. The highest BCUT2D eigenvalue weighted by Gasteiger charge is 2.15. The number of benzene rings is 2. The summed E-state index contributed by atoms with van der Waals surface area (Å²) in [6.07, 6.45) is 0. The van der Waals surface area contributed by atoms with E-state index in [2.05, 4.69) is 61.6 Å². The number of nitrogens with zero attached hydrogens (tertiary/aromatic N) is 1. The third-order valence-corrected chi connectivity index (χ3v) is 5.05. The molecule has 1 unspecified atom stereocenters. The van der Waals surface area contributed by atoms with Crippen LogP contribution in [0.5, 0.6) is 0 Å². The zero-order valence-electron chi connectivity index (χ0n) is 12.0. The van der Waals surface area contributed by atoms with E-state index in [0.29, 0.717) is 6.04 Å². The average molecular weight is 282 g/mol. The van der Waals surface area contributed by atoms with Gasteiger partial charge in [0.25, 0.3) is 0 Å². The van der Waals surface area contributed by atoms with E-state index in [0.717, 1.165) is 10.7 Å². The van der Waals surface area contributed by atoms with Gasteiger partial charge in [-0.3, -0.25) is 0 Å². The minimum absolute atomic E-state index is 0.344. The maximum absolute atomic E-state index is 4.78. The summed E-state index contributed by atoms with van der Waals surface area (Å²) in [6, 6.07) is 15.2. The van der Waals surface area contributed by atoms with Crippen LogP contribution in [0.15, 0.2) is 42.5 Å². The summed E-state index contributed by atoms with van der Waals surface area (Å²) >= 11 is 1.79.